The Kier molecular flexibility index (Phi) is 5.33. The van der Waals surface area contributed by atoms with Crippen molar-refractivity contribution in [2.45, 2.75) is 0 Å². The van der Waals surface area contributed by atoms with Crippen molar-refractivity contribution in [1.29, 1.82) is 0 Å². The number of ether oxygens (including phenoxy) is 3. The third-order valence-corrected chi connectivity index (χ3v) is 3.72. The average molecular weight is 365 g/mol. The Labute approximate surface area is 138 Å². The largest absolute Gasteiger partial charge is 0.504 e. The second kappa shape index (κ2) is 7.22. The van der Waals surface area contributed by atoms with Crippen molar-refractivity contribution in [3.8, 4) is 23.0 Å². The Hall–Kier alpha value is -2.14. The van der Waals surface area contributed by atoms with Gasteiger partial charge in [0.1, 0.15) is 0 Å². The van der Waals surface area contributed by atoms with Gasteiger partial charge in [0, 0.05) is 0 Å². The van der Waals surface area contributed by atoms with Crippen molar-refractivity contribution in [3.05, 3.63) is 45.9 Å². The van der Waals surface area contributed by atoms with Crippen molar-refractivity contribution < 1.29 is 19.3 Å². The molecule has 0 saturated heterocycles. The summed E-state index contributed by atoms with van der Waals surface area (Å²) in [6.07, 6.45) is 3.82. The van der Waals surface area contributed by atoms with E-state index in [1.54, 1.807) is 26.4 Å². The quantitative estimate of drug-likeness (QED) is 0.801. The molecular weight excluding hydrogens is 348 g/mol. The fourth-order valence-corrected chi connectivity index (χ4v) is 2.66. The molecule has 0 bridgehead atoms. The van der Waals surface area contributed by atoms with Crippen LogP contribution in [0.2, 0.25) is 0 Å². The second-order valence-electron chi connectivity index (χ2n) is 4.50. The van der Waals surface area contributed by atoms with Crippen LogP contribution < -0.4 is 14.2 Å². The highest BCUT2D eigenvalue weighted by molar-refractivity contribution is 9.10. The SMILES string of the molecule is COc1ccc(/C=C\c2cc(Br)c(OC)c(OC)c2)cc1O. The standard InChI is InChI=1S/C17H17BrO4/c1-20-15-7-6-11(9-14(15)19)4-5-12-8-13(18)17(22-3)16(10-12)21-2/h4-10,19H,1-3H3/b5-4-. The number of rotatable bonds is 5. The first-order valence-corrected chi connectivity index (χ1v) is 7.35. The van der Waals surface area contributed by atoms with Crippen LogP contribution in [0.4, 0.5) is 0 Å². The third-order valence-electron chi connectivity index (χ3n) is 3.13. The van der Waals surface area contributed by atoms with E-state index in [0.29, 0.717) is 17.2 Å². The Morgan fingerprint density at radius 1 is 0.864 bits per heavy atom. The lowest BCUT2D eigenvalue weighted by atomic mass is 10.1. The summed E-state index contributed by atoms with van der Waals surface area (Å²) in [5.74, 6) is 1.86. The fourth-order valence-electron chi connectivity index (χ4n) is 2.04. The van der Waals surface area contributed by atoms with Crippen LogP contribution in [0.3, 0.4) is 0 Å². The second-order valence-corrected chi connectivity index (χ2v) is 5.36. The Balaban J connectivity index is 2.30. The molecule has 0 aromatic heterocycles. The summed E-state index contributed by atoms with van der Waals surface area (Å²) in [4.78, 5) is 0. The molecule has 1 N–H and O–H groups in total. The molecule has 4 nitrogen and oxygen atoms in total. The minimum Gasteiger partial charge on any atom is -0.504 e. The van der Waals surface area contributed by atoms with Crippen molar-refractivity contribution in [3.63, 3.8) is 0 Å². The number of phenolic OH excluding ortho intramolecular Hbond substituents is 1. The van der Waals surface area contributed by atoms with Crippen molar-refractivity contribution in [1.82, 2.24) is 0 Å². The lowest BCUT2D eigenvalue weighted by Gasteiger charge is -2.10. The van der Waals surface area contributed by atoms with Gasteiger partial charge in [-0.25, -0.2) is 0 Å². The van der Waals surface area contributed by atoms with E-state index in [9.17, 15) is 5.11 Å². The molecule has 2 aromatic carbocycles. The topological polar surface area (TPSA) is 47.9 Å². The van der Waals surface area contributed by atoms with Crippen molar-refractivity contribution >= 4 is 28.1 Å². The number of aromatic hydroxyl groups is 1. The predicted octanol–water partition coefficient (Wildman–Crippen LogP) is 4.35. The number of benzene rings is 2. The highest BCUT2D eigenvalue weighted by atomic mass is 79.9. The minimum absolute atomic E-state index is 0.109. The van der Waals surface area contributed by atoms with Crippen LogP contribution in [-0.2, 0) is 0 Å². The highest BCUT2D eigenvalue weighted by Gasteiger charge is 2.09. The molecule has 22 heavy (non-hydrogen) atoms. The van der Waals surface area contributed by atoms with Gasteiger partial charge in [-0.2, -0.15) is 0 Å². The highest BCUT2D eigenvalue weighted by Crippen LogP contribution is 2.36. The Morgan fingerprint density at radius 2 is 1.55 bits per heavy atom. The lowest BCUT2D eigenvalue weighted by molar-refractivity contribution is 0.353. The fraction of sp³-hybridized carbons (Fsp3) is 0.176. The predicted molar refractivity (Wildman–Crippen MR) is 90.8 cm³/mol. The van der Waals surface area contributed by atoms with Gasteiger partial charge >= 0.3 is 0 Å². The normalized spacial score (nSPS) is 10.7. The maximum absolute atomic E-state index is 9.78. The zero-order chi connectivity index (χ0) is 16.1. The summed E-state index contributed by atoms with van der Waals surface area (Å²) < 4.78 is 16.4. The zero-order valence-corrected chi connectivity index (χ0v) is 14.2. The summed E-state index contributed by atoms with van der Waals surface area (Å²) in [7, 11) is 4.71. The maximum atomic E-state index is 9.78. The molecule has 0 aliphatic rings. The molecule has 2 rings (SSSR count). The molecule has 2 aromatic rings. The van der Waals surface area contributed by atoms with E-state index in [4.69, 9.17) is 14.2 Å². The first-order chi connectivity index (χ1) is 10.6. The van der Waals surface area contributed by atoms with E-state index in [2.05, 4.69) is 15.9 Å². The van der Waals surface area contributed by atoms with Gasteiger partial charge in [0.15, 0.2) is 23.0 Å². The van der Waals surface area contributed by atoms with E-state index >= 15 is 0 Å². The molecule has 0 amide bonds. The minimum atomic E-state index is 0.109. The van der Waals surface area contributed by atoms with Gasteiger partial charge in [-0.15, -0.1) is 0 Å². The summed E-state index contributed by atoms with van der Waals surface area (Å²) >= 11 is 3.46. The Bertz CT molecular complexity index is 695. The van der Waals surface area contributed by atoms with E-state index in [-0.39, 0.29) is 5.75 Å². The smallest absolute Gasteiger partial charge is 0.174 e. The molecule has 0 aliphatic carbocycles. The third kappa shape index (κ3) is 3.54. The van der Waals surface area contributed by atoms with Crippen LogP contribution in [0.15, 0.2) is 34.8 Å². The van der Waals surface area contributed by atoms with Crippen LogP contribution in [0.25, 0.3) is 12.2 Å². The molecule has 0 unspecified atom stereocenters. The first kappa shape index (κ1) is 16.2. The van der Waals surface area contributed by atoms with Crippen LogP contribution in [0, 0.1) is 0 Å². The number of halogens is 1. The van der Waals surface area contributed by atoms with Gasteiger partial charge in [-0.3, -0.25) is 0 Å². The molecular formula is C17H17BrO4. The first-order valence-electron chi connectivity index (χ1n) is 6.55. The molecule has 0 aliphatic heterocycles. The van der Waals surface area contributed by atoms with Gasteiger partial charge in [-0.1, -0.05) is 18.2 Å². The van der Waals surface area contributed by atoms with Crippen molar-refractivity contribution in [2.75, 3.05) is 21.3 Å². The van der Waals surface area contributed by atoms with Gasteiger partial charge in [0.2, 0.25) is 0 Å². The van der Waals surface area contributed by atoms with E-state index in [1.165, 1.54) is 7.11 Å². The van der Waals surface area contributed by atoms with Crippen LogP contribution >= 0.6 is 15.9 Å². The molecule has 0 fully saturated rings. The average Bonchev–Trinajstić information content (AvgIpc) is 2.52. The molecule has 0 radical (unpaired) electrons. The van der Waals surface area contributed by atoms with Gasteiger partial charge in [0.25, 0.3) is 0 Å². The number of methoxy groups -OCH3 is 3. The van der Waals surface area contributed by atoms with Gasteiger partial charge < -0.3 is 19.3 Å². The van der Waals surface area contributed by atoms with Crippen LogP contribution in [-0.4, -0.2) is 26.4 Å². The zero-order valence-electron chi connectivity index (χ0n) is 12.6. The molecule has 0 spiro atoms. The van der Waals surface area contributed by atoms with E-state index in [0.717, 1.165) is 15.6 Å². The summed E-state index contributed by atoms with van der Waals surface area (Å²) in [5, 5.41) is 9.78. The maximum Gasteiger partial charge on any atom is 0.174 e. The summed E-state index contributed by atoms with van der Waals surface area (Å²) in [6, 6.07) is 9.04. The van der Waals surface area contributed by atoms with Crippen LogP contribution in [0.1, 0.15) is 11.1 Å². The van der Waals surface area contributed by atoms with E-state index in [1.807, 2.05) is 30.4 Å². The molecule has 0 atom stereocenters. The molecule has 0 heterocycles. The van der Waals surface area contributed by atoms with Gasteiger partial charge in [-0.05, 0) is 51.3 Å². The summed E-state index contributed by atoms with van der Waals surface area (Å²) in [5.41, 5.74) is 1.81. The van der Waals surface area contributed by atoms with Gasteiger partial charge in [0.05, 0.1) is 25.8 Å². The number of hydrogen-bond donors (Lipinski definition) is 1. The van der Waals surface area contributed by atoms with Crippen molar-refractivity contribution in [2.24, 2.45) is 0 Å². The summed E-state index contributed by atoms with van der Waals surface area (Å²) in [6.45, 7) is 0. The number of hydrogen-bond acceptors (Lipinski definition) is 4. The molecule has 5 heteroatoms. The Morgan fingerprint density at radius 3 is 2.14 bits per heavy atom. The molecule has 0 saturated carbocycles. The number of phenols is 1. The monoisotopic (exact) mass is 364 g/mol. The lowest BCUT2D eigenvalue weighted by Crippen LogP contribution is -1.92. The van der Waals surface area contributed by atoms with E-state index < -0.39 is 0 Å². The van der Waals surface area contributed by atoms with Crippen LogP contribution in [0.5, 0.6) is 23.0 Å². The molecule has 116 valence electrons.